The van der Waals surface area contributed by atoms with E-state index in [0.717, 1.165) is 0 Å². The lowest BCUT2D eigenvalue weighted by Gasteiger charge is -2.21. The summed E-state index contributed by atoms with van der Waals surface area (Å²) < 4.78 is 0. The van der Waals surface area contributed by atoms with E-state index >= 15 is 0 Å². The second-order valence-electron chi connectivity index (χ2n) is 4.20. The predicted molar refractivity (Wildman–Crippen MR) is 67.8 cm³/mol. The summed E-state index contributed by atoms with van der Waals surface area (Å²) in [6, 6.07) is 10.2. The molecule has 0 spiro atoms. The molecule has 1 aromatic rings. The highest BCUT2D eigenvalue weighted by Crippen LogP contribution is 2.23. The van der Waals surface area contributed by atoms with Crippen LogP contribution in [-0.2, 0) is 4.79 Å². The Morgan fingerprint density at radius 2 is 1.94 bits per heavy atom. The minimum atomic E-state index is -0.108. The van der Waals surface area contributed by atoms with Crippen LogP contribution in [0.2, 0.25) is 0 Å². The van der Waals surface area contributed by atoms with E-state index in [1.165, 1.54) is 5.56 Å². The first-order valence-corrected chi connectivity index (χ1v) is 6.06. The Hall–Kier alpha value is -1.02. The minimum absolute atomic E-state index is 0.0274. The Bertz CT molecular complexity index is 324. The molecule has 0 fully saturated rings. The van der Waals surface area contributed by atoms with Crippen molar-refractivity contribution < 1.29 is 4.79 Å². The van der Waals surface area contributed by atoms with Gasteiger partial charge < -0.3 is 5.32 Å². The monoisotopic (exact) mass is 239 g/mol. The maximum absolute atomic E-state index is 11.1. The average molecular weight is 240 g/mol. The van der Waals surface area contributed by atoms with Crippen LogP contribution in [0.4, 0.5) is 0 Å². The third kappa shape index (κ3) is 3.86. The molecule has 0 aliphatic heterocycles. The Morgan fingerprint density at radius 3 is 2.44 bits per heavy atom. The zero-order chi connectivity index (χ0) is 12.0. The summed E-state index contributed by atoms with van der Waals surface area (Å²) in [5, 5.41) is 2.84. The van der Waals surface area contributed by atoms with Gasteiger partial charge in [0.15, 0.2) is 0 Å². The number of hydrogen-bond donors (Lipinski definition) is 1. The summed E-state index contributed by atoms with van der Waals surface area (Å²) in [7, 11) is 0. The van der Waals surface area contributed by atoms with Crippen LogP contribution in [0.1, 0.15) is 25.3 Å². The molecule has 0 saturated heterocycles. The van der Waals surface area contributed by atoms with Crippen molar-refractivity contribution >= 4 is 17.5 Å². The summed E-state index contributed by atoms with van der Waals surface area (Å²) in [6.07, 6.45) is 0. The van der Waals surface area contributed by atoms with Crippen molar-refractivity contribution in [2.24, 2.45) is 5.92 Å². The highest BCUT2D eigenvalue weighted by atomic mass is 35.5. The highest BCUT2D eigenvalue weighted by Gasteiger charge is 2.16. The number of amides is 1. The van der Waals surface area contributed by atoms with Crippen LogP contribution in [0.15, 0.2) is 30.3 Å². The Balaban J connectivity index is 2.66. The number of alkyl halides is 1. The molecule has 16 heavy (non-hydrogen) atoms. The van der Waals surface area contributed by atoms with Crippen LogP contribution in [-0.4, -0.2) is 18.3 Å². The molecule has 0 bridgehead atoms. The number of halogens is 1. The van der Waals surface area contributed by atoms with Crippen LogP contribution in [0.25, 0.3) is 0 Å². The van der Waals surface area contributed by atoms with E-state index in [2.05, 4.69) is 31.3 Å². The fraction of sp³-hybridized carbons (Fsp3) is 0.462. The van der Waals surface area contributed by atoms with Gasteiger partial charge in [-0.25, -0.2) is 0 Å². The molecule has 0 radical (unpaired) electrons. The van der Waals surface area contributed by atoms with Crippen LogP contribution >= 0.6 is 11.6 Å². The van der Waals surface area contributed by atoms with Crippen molar-refractivity contribution in [2.75, 3.05) is 12.4 Å². The van der Waals surface area contributed by atoms with E-state index < -0.39 is 0 Å². The summed E-state index contributed by atoms with van der Waals surface area (Å²) in [6.45, 7) is 4.96. The number of nitrogens with one attached hydrogen (secondary N) is 1. The van der Waals surface area contributed by atoms with Crippen LogP contribution < -0.4 is 5.32 Å². The van der Waals surface area contributed by atoms with Crippen molar-refractivity contribution in [1.82, 2.24) is 5.32 Å². The number of carbonyl (C=O) groups is 1. The Morgan fingerprint density at radius 1 is 1.31 bits per heavy atom. The van der Waals surface area contributed by atoms with Crippen LogP contribution in [0.5, 0.6) is 0 Å². The molecule has 0 aromatic heterocycles. The normalized spacial score (nSPS) is 12.5. The third-order valence-electron chi connectivity index (χ3n) is 2.67. The van der Waals surface area contributed by atoms with E-state index in [9.17, 15) is 4.79 Å². The maximum Gasteiger partial charge on any atom is 0.234 e. The van der Waals surface area contributed by atoms with Gasteiger partial charge in [0.2, 0.25) is 5.91 Å². The lowest BCUT2D eigenvalue weighted by atomic mass is 9.88. The molecule has 3 heteroatoms. The Labute approximate surface area is 102 Å². The fourth-order valence-corrected chi connectivity index (χ4v) is 1.80. The predicted octanol–water partition coefficient (Wildman–Crippen LogP) is 2.78. The molecule has 0 heterocycles. The summed E-state index contributed by atoms with van der Waals surface area (Å²) in [4.78, 5) is 11.1. The van der Waals surface area contributed by atoms with Gasteiger partial charge in [-0.3, -0.25) is 4.79 Å². The van der Waals surface area contributed by atoms with Crippen molar-refractivity contribution in [3.63, 3.8) is 0 Å². The number of hydrogen-bond acceptors (Lipinski definition) is 1. The van der Waals surface area contributed by atoms with Crippen molar-refractivity contribution in [2.45, 2.75) is 19.8 Å². The second-order valence-corrected chi connectivity index (χ2v) is 4.47. The van der Waals surface area contributed by atoms with Gasteiger partial charge in [-0.2, -0.15) is 0 Å². The lowest BCUT2D eigenvalue weighted by molar-refractivity contribution is -0.118. The SMILES string of the molecule is CC(C)C(CNC(=O)CCl)c1ccccc1. The fourth-order valence-electron chi connectivity index (χ4n) is 1.71. The van der Waals surface area contributed by atoms with Crippen molar-refractivity contribution in [1.29, 1.82) is 0 Å². The quantitative estimate of drug-likeness (QED) is 0.787. The van der Waals surface area contributed by atoms with Crippen LogP contribution in [0, 0.1) is 5.92 Å². The molecule has 0 saturated carbocycles. The molecular weight excluding hydrogens is 222 g/mol. The molecule has 1 amide bonds. The molecule has 0 aliphatic rings. The third-order valence-corrected chi connectivity index (χ3v) is 2.92. The zero-order valence-electron chi connectivity index (χ0n) is 9.74. The summed E-state index contributed by atoms with van der Waals surface area (Å²) in [5.41, 5.74) is 1.26. The summed E-state index contributed by atoms with van der Waals surface area (Å²) >= 11 is 5.45. The first-order chi connectivity index (χ1) is 7.65. The lowest BCUT2D eigenvalue weighted by Crippen LogP contribution is -2.31. The second kappa shape index (κ2) is 6.54. The number of carbonyl (C=O) groups excluding carboxylic acids is 1. The van der Waals surface area contributed by atoms with Gasteiger partial charge in [0.05, 0.1) is 0 Å². The first-order valence-electron chi connectivity index (χ1n) is 5.52. The molecule has 0 aliphatic carbocycles. The van der Waals surface area contributed by atoms with Gasteiger partial charge in [-0.15, -0.1) is 11.6 Å². The molecule has 1 rings (SSSR count). The molecule has 1 unspecified atom stereocenters. The van der Waals surface area contributed by atoms with Crippen molar-refractivity contribution in [3.05, 3.63) is 35.9 Å². The molecule has 1 aromatic carbocycles. The zero-order valence-corrected chi connectivity index (χ0v) is 10.5. The van der Waals surface area contributed by atoms with E-state index in [1.54, 1.807) is 0 Å². The van der Waals surface area contributed by atoms with Gasteiger partial charge in [0.1, 0.15) is 5.88 Å². The molecule has 2 nitrogen and oxygen atoms in total. The first kappa shape index (κ1) is 13.0. The number of benzene rings is 1. The van der Waals surface area contributed by atoms with Gasteiger partial charge in [0.25, 0.3) is 0 Å². The van der Waals surface area contributed by atoms with E-state index in [1.807, 2.05) is 18.2 Å². The smallest absolute Gasteiger partial charge is 0.234 e. The molecular formula is C13H18ClNO. The van der Waals surface area contributed by atoms with E-state index in [4.69, 9.17) is 11.6 Å². The summed E-state index contributed by atoms with van der Waals surface area (Å²) in [5.74, 6) is 0.745. The standard InChI is InChI=1S/C13H18ClNO/c1-10(2)12(9-15-13(16)8-14)11-6-4-3-5-7-11/h3-7,10,12H,8-9H2,1-2H3,(H,15,16). The molecule has 88 valence electrons. The topological polar surface area (TPSA) is 29.1 Å². The van der Waals surface area contributed by atoms with Gasteiger partial charge in [0, 0.05) is 12.5 Å². The Kier molecular flexibility index (Phi) is 5.33. The van der Waals surface area contributed by atoms with Gasteiger partial charge >= 0.3 is 0 Å². The molecule has 1 atom stereocenters. The van der Waals surface area contributed by atoms with E-state index in [0.29, 0.717) is 18.4 Å². The van der Waals surface area contributed by atoms with E-state index in [-0.39, 0.29) is 11.8 Å². The minimum Gasteiger partial charge on any atom is -0.354 e. The van der Waals surface area contributed by atoms with Gasteiger partial charge in [-0.05, 0) is 11.5 Å². The highest BCUT2D eigenvalue weighted by molar-refractivity contribution is 6.27. The van der Waals surface area contributed by atoms with Gasteiger partial charge in [-0.1, -0.05) is 44.2 Å². The van der Waals surface area contributed by atoms with Crippen molar-refractivity contribution in [3.8, 4) is 0 Å². The molecule has 1 N–H and O–H groups in total. The van der Waals surface area contributed by atoms with Crippen LogP contribution in [0.3, 0.4) is 0 Å². The number of rotatable bonds is 5. The maximum atomic E-state index is 11.1. The largest absolute Gasteiger partial charge is 0.354 e. The average Bonchev–Trinajstić information content (AvgIpc) is 2.30.